The Bertz CT molecular complexity index is 393. The average molecular weight is 317 g/mol. The smallest absolute Gasteiger partial charge is 0.140 e. The number of aromatic nitrogens is 3. The maximum absolute atomic E-state index is 6.00. The molecule has 0 bridgehead atoms. The molecule has 1 aliphatic rings. The van der Waals surface area contributed by atoms with E-state index in [9.17, 15) is 0 Å². The number of ether oxygens (including phenoxy) is 1. The molecule has 0 amide bonds. The van der Waals surface area contributed by atoms with Crippen LogP contribution in [0.1, 0.15) is 26.6 Å². The van der Waals surface area contributed by atoms with Gasteiger partial charge >= 0.3 is 0 Å². The van der Waals surface area contributed by atoms with Crippen molar-refractivity contribution in [2.45, 2.75) is 45.6 Å². The summed E-state index contributed by atoms with van der Waals surface area (Å²) < 4.78 is 7.95. The summed E-state index contributed by atoms with van der Waals surface area (Å²) in [6, 6.07) is 0. The molecule has 0 aliphatic carbocycles. The second kappa shape index (κ2) is 5.67. The van der Waals surface area contributed by atoms with Crippen molar-refractivity contribution in [2.75, 3.05) is 18.4 Å². The van der Waals surface area contributed by atoms with Crippen molar-refractivity contribution < 1.29 is 4.74 Å². The van der Waals surface area contributed by atoms with E-state index < -0.39 is 0 Å². The molecule has 1 aromatic rings. The van der Waals surface area contributed by atoms with Crippen LogP contribution in [0.2, 0.25) is 0 Å². The second-order valence-corrected chi connectivity index (χ2v) is 5.96. The molecular formula is C12H21BrN4O. The van der Waals surface area contributed by atoms with E-state index >= 15 is 0 Å². The Morgan fingerprint density at radius 2 is 2.33 bits per heavy atom. The maximum atomic E-state index is 6.00. The van der Waals surface area contributed by atoms with Crippen molar-refractivity contribution in [1.29, 1.82) is 0 Å². The number of rotatable bonds is 4. The number of hydrogen-bond acceptors (Lipinski definition) is 4. The minimum Gasteiger partial charge on any atom is -0.369 e. The average Bonchev–Trinajstić information content (AvgIpc) is 2.74. The van der Waals surface area contributed by atoms with Crippen molar-refractivity contribution >= 4 is 15.9 Å². The molecule has 1 unspecified atom stereocenters. The monoisotopic (exact) mass is 316 g/mol. The van der Waals surface area contributed by atoms with Gasteiger partial charge in [-0.3, -0.25) is 4.90 Å². The van der Waals surface area contributed by atoms with Gasteiger partial charge in [0, 0.05) is 25.0 Å². The third kappa shape index (κ3) is 3.30. The molecule has 0 aromatic carbocycles. The Hall–Kier alpha value is -0.460. The summed E-state index contributed by atoms with van der Waals surface area (Å²) in [5, 5.41) is 5.08. The van der Waals surface area contributed by atoms with Gasteiger partial charge in [0.2, 0.25) is 0 Å². The zero-order chi connectivity index (χ0) is 13.2. The molecular weight excluding hydrogens is 296 g/mol. The Labute approximate surface area is 117 Å². The standard InChI is InChI=1S/C12H21BrN4O/c1-4-17-11(14-9-15-17)7-16-6-10(5-13)18-12(2,3)8-16/h9-10H,4-8H2,1-3H3. The van der Waals surface area contributed by atoms with Crippen LogP contribution in [-0.2, 0) is 17.8 Å². The number of alkyl halides is 1. The highest BCUT2D eigenvalue weighted by Crippen LogP contribution is 2.23. The first kappa shape index (κ1) is 14.0. The molecule has 1 saturated heterocycles. The molecule has 5 nitrogen and oxygen atoms in total. The molecule has 6 heteroatoms. The van der Waals surface area contributed by atoms with Crippen molar-refractivity contribution in [3.05, 3.63) is 12.2 Å². The Morgan fingerprint density at radius 1 is 1.56 bits per heavy atom. The lowest BCUT2D eigenvalue weighted by atomic mass is 10.1. The van der Waals surface area contributed by atoms with Gasteiger partial charge in [-0.05, 0) is 20.8 Å². The predicted octanol–water partition coefficient (Wildman–Crippen LogP) is 1.67. The van der Waals surface area contributed by atoms with Crippen LogP contribution in [-0.4, -0.2) is 49.8 Å². The third-order valence-electron chi connectivity index (χ3n) is 3.08. The second-order valence-electron chi connectivity index (χ2n) is 5.32. The molecule has 2 rings (SSSR count). The van der Waals surface area contributed by atoms with Crippen LogP contribution in [0.3, 0.4) is 0 Å². The van der Waals surface area contributed by atoms with Gasteiger partial charge in [-0.25, -0.2) is 9.67 Å². The molecule has 0 saturated carbocycles. The molecule has 0 spiro atoms. The van der Waals surface area contributed by atoms with Crippen LogP contribution in [0, 0.1) is 0 Å². The van der Waals surface area contributed by atoms with E-state index in [-0.39, 0.29) is 11.7 Å². The van der Waals surface area contributed by atoms with E-state index in [0.29, 0.717) is 0 Å². The van der Waals surface area contributed by atoms with E-state index in [4.69, 9.17) is 4.74 Å². The predicted molar refractivity (Wildman–Crippen MR) is 73.7 cm³/mol. The van der Waals surface area contributed by atoms with Crippen LogP contribution in [0.4, 0.5) is 0 Å². The summed E-state index contributed by atoms with van der Waals surface area (Å²) in [6.07, 6.45) is 1.87. The lowest BCUT2D eigenvalue weighted by Gasteiger charge is -2.42. The highest BCUT2D eigenvalue weighted by molar-refractivity contribution is 9.09. The highest BCUT2D eigenvalue weighted by atomic mass is 79.9. The minimum absolute atomic E-state index is 0.103. The van der Waals surface area contributed by atoms with Crippen LogP contribution in [0.5, 0.6) is 0 Å². The molecule has 1 atom stereocenters. The molecule has 102 valence electrons. The fraction of sp³-hybridized carbons (Fsp3) is 0.833. The van der Waals surface area contributed by atoms with E-state index in [0.717, 1.165) is 37.3 Å². The zero-order valence-electron chi connectivity index (χ0n) is 11.3. The Balaban J connectivity index is 2.04. The highest BCUT2D eigenvalue weighted by Gasteiger charge is 2.33. The van der Waals surface area contributed by atoms with Crippen molar-refractivity contribution in [3.8, 4) is 0 Å². The van der Waals surface area contributed by atoms with E-state index in [1.807, 2.05) is 4.68 Å². The third-order valence-corrected chi connectivity index (χ3v) is 3.81. The van der Waals surface area contributed by atoms with Gasteiger partial charge in [0.05, 0.1) is 18.2 Å². The summed E-state index contributed by atoms with van der Waals surface area (Å²) in [7, 11) is 0. The van der Waals surface area contributed by atoms with Crippen LogP contribution in [0.25, 0.3) is 0 Å². The molecule has 2 heterocycles. The molecule has 0 radical (unpaired) electrons. The summed E-state index contributed by atoms with van der Waals surface area (Å²) in [6.45, 7) is 9.93. The van der Waals surface area contributed by atoms with E-state index in [1.165, 1.54) is 0 Å². The largest absolute Gasteiger partial charge is 0.369 e. The number of hydrogen-bond donors (Lipinski definition) is 0. The fourth-order valence-corrected chi connectivity index (χ4v) is 2.83. The number of halogens is 1. The zero-order valence-corrected chi connectivity index (χ0v) is 12.9. The van der Waals surface area contributed by atoms with Gasteiger partial charge in [-0.1, -0.05) is 15.9 Å². The lowest BCUT2D eigenvalue weighted by Crippen LogP contribution is -2.53. The van der Waals surface area contributed by atoms with Gasteiger partial charge < -0.3 is 4.74 Å². The van der Waals surface area contributed by atoms with E-state index in [1.54, 1.807) is 6.33 Å². The van der Waals surface area contributed by atoms with Gasteiger partial charge in [0.15, 0.2) is 0 Å². The molecule has 18 heavy (non-hydrogen) atoms. The maximum Gasteiger partial charge on any atom is 0.140 e. The van der Waals surface area contributed by atoms with Crippen molar-refractivity contribution in [2.24, 2.45) is 0 Å². The quantitative estimate of drug-likeness (QED) is 0.793. The first-order valence-electron chi connectivity index (χ1n) is 6.37. The first-order chi connectivity index (χ1) is 8.54. The summed E-state index contributed by atoms with van der Waals surface area (Å²) in [4.78, 5) is 6.73. The number of aryl methyl sites for hydroxylation is 1. The Kier molecular flexibility index (Phi) is 4.40. The summed E-state index contributed by atoms with van der Waals surface area (Å²) >= 11 is 3.51. The SMILES string of the molecule is CCn1ncnc1CN1CC(CBr)OC(C)(C)C1. The van der Waals surface area contributed by atoms with Gasteiger partial charge in [-0.2, -0.15) is 5.10 Å². The van der Waals surface area contributed by atoms with Gasteiger partial charge in [0.25, 0.3) is 0 Å². The molecule has 0 N–H and O–H groups in total. The van der Waals surface area contributed by atoms with E-state index in [2.05, 4.69) is 51.7 Å². The van der Waals surface area contributed by atoms with Gasteiger partial charge in [-0.15, -0.1) is 0 Å². The lowest BCUT2D eigenvalue weighted by molar-refractivity contribution is -0.129. The van der Waals surface area contributed by atoms with Gasteiger partial charge in [0.1, 0.15) is 12.2 Å². The van der Waals surface area contributed by atoms with Crippen LogP contribution < -0.4 is 0 Å². The van der Waals surface area contributed by atoms with Crippen LogP contribution >= 0.6 is 15.9 Å². The Morgan fingerprint density at radius 3 is 3.00 bits per heavy atom. The van der Waals surface area contributed by atoms with Crippen molar-refractivity contribution in [3.63, 3.8) is 0 Å². The van der Waals surface area contributed by atoms with Crippen LogP contribution in [0.15, 0.2) is 6.33 Å². The number of morpholine rings is 1. The molecule has 1 fully saturated rings. The summed E-state index contributed by atoms with van der Waals surface area (Å²) in [5.74, 6) is 1.03. The first-order valence-corrected chi connectivity index (χ1v) is 7.49. The normalized spacial score (nSPS) is 24.3. The minimum atomic E-state index is -0.103. The topological polar surface area (TPSA) is 43.2 Å². The van der Waals surface area contributed by atoms with Crippen molar-refractivity contribution in [1.82, 2.24) is 19.7 Å². The summed E-state index contributed by atoms with van der Waals surface area (Å²) in [5.41, 5.74) is -0.103. The fourth-order valence-electron chi connectivity index (χ4n) is 2.49. The number of nitrogens with zero attached hydrogens (tertiary/aromatic N) is 4. The molecule has 1 aromatic heterocycles. The molecule has 1 aliphatic heterocycles.